The van der Waals surface area contributed by atoms with Crippen molar-refractivity contribution in [3.63, 3.8) is 0 Å². The number of carbonyl (C=O) groups excluding carboxylic acids is 1. The molecule has 0 aliphatic carbocycles. The largest absolute Gasteiger partial charge is 0.422 e. The Labute approximate surface area is 219 Å². The first-order chi connectivity index (χ1) is 17.0. The van der Waals surface area contributed by atoms with Gasteiger partial charge in [0.2, 0.25) is 0 Å². The molecule has 2 heterocycles. The molecule has 186 valence electrons. The van der Waals surface area contributed by atoms with Crippen molar-refractivity contribution < 1.29 is 9.21 Å². The summed E-state index contributed by atoms with van der Waals surface area (Å²) in [5.74, 6) is -0.391. The van der Waals surface area contributed by atoms with Crippen molar-refractivity contribution in [3.8, 4) is 0 Å². The number of amides is 1. The van der Waals surface area contributed by atoms with Crippen LogP contribution in [0.25, 0.3) is 32.0 Å². The van der Waals surface area contributed by atoms with Crippen LogP contribution >= 0.6 is 23.7 Å². The number of halogens is 1. The van der Waals surface area contributed by atoms with E-state index in [2.05, 4.69) is 18.7 Å². The number of hydrogen-bond donors (Lipinski definition) is 0. The SMILES string of the molecule is CCN(CC)CCN(C(=O)c1cc2c(ccc3ccccc32)oc1=O)c1nc2c(C)cccc2s1.Cl. The third-order valence-electron chi connectivity index (χ3n) is 6.49. The number of para-hydroxylation sites is 1. The monoisotopic (exact) mass is 521 g/mol. The lowest BCUT2D eigenvalue weighted by Gasteiger charge is -2.24. The minimum atomic E-state index is -0.636. The molecule has 2 aromatic heterocycles. The molecule has 0 radical (unpaired) electrons. The number of nitrogens with zero attached hydrogens (tertiary/aromatic N) is 3. The molecular weight excluding hydrogens is 494 g/mol. The number of likely N-dealkylation sites (N-methyl/N-ethyl adjacent to an activating group) is 1. The average molecular weight is 522 g/mol. The van der Waals surface area contributed by atoms with Crippen molar-refractivity contribution in [3.05, 3.63) is 82.2 Å². The zero-order chi connectivity index (χ0) is 24.5. The van der Waals surface area contributed by atoms with Crippen LogP contribution in [0, 0.1) is 6.92 Å². The van der Waals surface area contributed by atoms with Gasteiger partial charge in [-0.2, -0.15) is 0 Å². The van der Waals surface area contributed by atoms with Crippen molar-refractivity contribution in [1.82, 2.24) is 9.88 Å². The van der Waals surface area contributed by atoms with Crippen LogP contribution in [0.2, 0.25) is 0 Å². The lowest BCUT2D eigenvalue weighted by Crippen LogP contribution is -2.40. The molecule has 0 aliphatic heterocycles. The van der Waals surface area contributed by atoms with Crippen molar-refractivity contribution in [1.29, 1.82) is 0 Å². The molecule has 5 aromatic rings. The Morgan fingerprint density at radius 1 is 0.972 bits per heavy atom. The van der Waals surface area contributed by atoms with Gasteiger partial charge in [-0.05, 0) is 54.5 Å². The lowest BCUT2D eigenvalue weighted by atomic mass is 10.0. The predicted octanol–water partition coefficient (Wildman–Crippen LogP) is 6.27. The maximum atomic E-state index is 13.9. The molecule has 0 fully saturated rings. The van der Waals surface area contributed by atoms with E-state index in [1.54, 1.807) is 17.0 Å². The molecule has 0 aliphatic rings. The van der Waals surface area contributed by atoms with Crippen LogP contribution in [-0.4, -0.2) is 42.0 Å². The summed E-state index contributed by atoms with van der Waals surface area (Å²) < 4.78 is 6.63. The van der Waals surface area contributed by atoms with Gasteiger partial charge in [-0.3, -0.25) is 9.69 Å². The Balaban J connectivity index is 0.00000304. The van der Waals surface area contributed by atoms with E-state index in [-0.39, 0.29) is 18.0 Å². The second-order valence-corrected chi connectivity index (χ2v) is 9.56. The van der Waals surface area contributed by atoms with E-state index in [9.17, 15) is 9.59 Å². The third-order valence-corrected chi connectivity index (χ3v) is 7.54. The predicted molar refractivity (Wildman–Crippen MR) is 151 cm³/mol. The molecule has 0 saturated carbocycles. The second-order valence-electron chi connectivity index (χ2n) is 8.55. The summed E-state index contributed by atoms with van der Waals surface area (Å²) >= 11 is 1.46. The molecule has 5 rings (SSSR count). The summed E-state index contributed by atoms with van der Waals surface area (Å²) in [5.41, 5.74) is 1.78. The normalized spacial score (nSPS) is 11.3. The summed E-state index contributed by atoms with van der Waals surface area (Å²) in [5, 5.41) is 3.29. The number of thiazole rings is 1. The number of aromatic nitrogens is 1. The summed E-state index contributed by atoms with van der Waals surface area (Å²) in [6.07, 6.45) is 0. The van der Waals surface area contributed by atoms with E-state index < -0.39 is 11.5 Å². The fourth-order valence-corrected chi connectivity index (χ4v) is 5.49. The van der Waals surface area contributed by atoms with Crippen LogP contribution in [0.5, 0.6) is 0 Å². The molecule has 8 heteroatoms. The van der Waals surface area contributed by atoms with Crippen LogP contribution in [0.15, 0.2) is 69.9 Å². The highest BCUT2D eigenvalue weighted by molar-refractivity contribution is 7.22. The topological polar surface area (TPSA) is 66.7 Å². The highest BCUT2D eigenvalue weighted by atomic mass is 35.5. The molecular formula is C28H28ClN3O3S. The molecule has 0 atom stereocenters. The number of carbonyl (C=O) groups is 1. The zero-order valence-electron chi connectivity index (χ0n) is 20.5. The quantitative estimate of drug-likeness (QED) is 0.186. The number of benzene rings is 3. The number of rotatable bonds is 7. The molecule has 1 amide bonds. The fraction of sp³-hybridized carbons (Fsp3) is 0.250. The number of fused-ring (bicyclic) bond motifs is 4. The molecule has 36 heavy (non-hydrogen) atoms. The molecule has 0 saturated heterocycles. The highest BCUT2D eigenvalue weighted by Gasteiger charge is 2.26. The third kappa shape index (κ3) is 4.74. The first kappa shape index (κ1) is 25.8. The van der Waals surface area contributed by atoms with Crippen LogP contribution in [0.3, 0.4) is 0 Å². The van der Waals surface area contributed by atoms with Gasteiger partial charge in [0.25, 0.3) is 5.91 Å². The van der Waals surface area contributed by atoms with Gasteiger partial charge in [0.05, 0.1) is 10.2 Å². The Morgan fingerprint density at radius 3 is 2.50 bits per heavy atom. The van der Waals surface area contributed by atoms with Crippen molar-refractivity contribution >= 4 is 66.7 Å². The van der Waals surface area contributed by atoms with Gasteiger partial charge in [0, 0.05) is 18.5 Å². The Kier molecular flexibility index (Phi) is 7.73. The van der Waals surface area contributed by atoms with Gasteiger partial charge in [0.15, 0.2) is 5.13 Å². The fourth-order valence-electron chi connectivity index (χ4n) is 4.42. The lowest BCUT2D eigenvalue weighted by molar-refractivity contribution is 0.0980. The van der Waals surface area contributed by atoms with Crippen LogP contribution in [0.1, 0.15) is 29.8 Å². The summed E-state index contributed by atoms with van der Waals surface area (Å²) in [6, 6.07) is 19.3. The molecule has 6 nitrogen and oxygen atoms in total. The Bertz CT molecular complexity index is 1610. The maximum absolute atomic E-state index is 13.9. The minimum absolute atomic E-state index is 0. The highest BCUT2D eigenvalue weighted by Crippen LogP contribution is 2.32. The molecule has 3 aromatic carbocycles. The molecule has 0 unspecified atom stereocenters. The zero-order valence-corrected chi connectivity index (χ0v) is 22.1. The van der Waals surface area contributed by atoms with Gasteiger partial charge < -0.3 is 9.32 Å². The first-order valence-electron chi connectivity index (χ1n) is 11.9. The average Bonchev–Trinajstić information content (AvgIpc) is 3.31. The van der Waals surface area contributed by atoms with Gasteiger partial charge in [-0.25, -0.2) is 9.78 Å². The Hall–Kier alpha value is -3.26. The first-order valence-corrected chi connectivity index (χ1v) is 12.7. The summed E-state index contributed by atoms with van der Waals surface area (Å²) in [6.45, 7) is 9.06. The molecule has 0 N–H and O–H groups in total. The summed E-state index contributed by atoms with van der Waals surface area (Å²) in [7, 11) is 0. The molecule has 0 spiro atoms. The van der Waals surface area contributed by atoms with Gasteiger partial charge in [-0.1, -0.05) is 67.6 Å². The van der Waals surface area contributed by atoms with Gasteiger partial charge >= 0.3 is 5.63 Å². The minimum Gasteiger partial charge on any atom is -0.422 e. The van der Waals surface area contributed by atoms with E-state index in [0.29, 0.717) is 23.8 Å². The second kappa shape index (κ2) is 10.8. The van der Waals surface area contributed by atoms with E-state index in [1.165, 1.54) is 11.3 Å². The van der Waals surface area contributed by atoms with E-state index >= 15 is 0 Å². The van der Waals surface area contributed by atoms with Crippen LogP contribution in [0.4, 0.5) is 5.13 Å². The number of anilines is 1. The van der Waals surface area contributed by atoms with E-state index in [0.717, 1.165) is 45.0 Å². The smallest absolute Gasteiger partial charge is 0.349 e. The van der Waals surface area contributed by atoms with Gasteiger partial charge in [-0.15, -0.1) is 12.4 Å². The Morgan fingerprint density at radius 2 is 1.75 bits per heavy atom. The van der Waals surface area contributed by atoms with E-state index in [4.69, 9.17) is 9.40 Å². The number of hydrogen-bond acceptors (Lipinski definition) is 6. The standard InChI is InChI=1S/C28H27N3O3S.ClH/c1-4-30(5-2)15-16-31(28-29-25-18(3)9-8-12-24(25)35-28)26(32)22-17-21-20-11-7-6-10-19(20)13-14-23(21)34-27(22)33;/h6-14,17H,4-5,15-16H2,1-3H3;1H. The van der Waals surface area contributed by atoms with Crippen LogP contribution < -0.4 is 10.5 Å². The van der Waals surface area contributed by atoms with E-state index in [1.807, 2.05) is 55.5 Å². The van der Waals surface area contributed by atoms with Crippen LogP contribution in [-0.2, 0) is 0 Å². The maximum Gasteiger partial charge on any atom is 0.349 e. The van der Waals surface area contributed by atoms with Crippen molar-refractivity contribution in [2.75, 3.05) is 31.1 Å². The van der Waals surface area contributed by atoms with Crippen molar-refractivity contribution in [2.45, 2.75) is 20.8 Å². The number of aryl methyl sites for hydroxylation is 1. The van der Waals surface area contributed by atoms with Crippen molar-refractivity contribution in [2.24, 2.45) is 0 Å². The van der Waals surface area contributed by atoms with Gasteiger partial charge in [0.1, 0.15) is 11.1 Å². The summed E-state index contributed by atoms with van der Waals surface area (Å²) in [4.78, 5) is 35.6. The molecule has 0 bridgehead atoms.